The number of benzene rings is 2. The molecule has 0 saturated heterocycles. The van der Waals surface area contributed by atoms with E-state index in [4.69, 9.17) is 0 Å². The Hall–Kier alpha value is -0.880. The molecule has 0 amide bonds. The normalized spacial score (nSPS) is 13.1. The predicted molar refractivity (Wildman–Crippen MR) is 87.8 cm³/mol. The molecular weight excluding hydrogens is 543 g/mol. The van der Waals surface area contributed by atoms with Crippen LogP contribution in [0.4, 0.5) is 39.5 Å². The van der Waals surface area contributed by atoms with Crippen LogP contribution in [-0.4, -0.2) is 17.4 Å². The van der Waals surface area contributed by atoms with Crippen molar-refractivity contribution in [3.63, 3.8) is 0 Å². The second kappa shape index (κ2) is 7.51. The lowest BCUT2D eigenvalue weighted by molar-refractivity contribution is -0.330. The van der Waals surface area contributed by atoms with Gasteiger partial charge >= 0.3 is 17.4 Å². The Morgan fingerprint density at radius 3 is 1.85 bits per heavy atom. The lowest BCUT2D eigenvalue weighted by atomic mass is 10.0. The minimum atomic E-state index is -6.54. The van der Waals surface area contributed by atoms with Gasteiger partial charge in [-0.2, -0.15) is 30.7 Å². The van der Waals surface area contributed by atoms with Gasteiger partial charge in [-0.15, -0.1) is 0 Å². The van der Waals surface area contributed by atoms with Gasteiger partial charge in [-0.25, -0.2) is 8.78 Å². The minimum Gasteiger partial charge on any atom is -0.206 e. The second-order valence-electron chi connectivity index (χ2n) is 4.96. The molecule has 0 aromatic heterocycles. The Balaban J connectivity index is 2.69. The van der Waals surface area contributed by atoms with Crippen molar-refractivity contribution in [1.29, 1.82) is 0 Å². The van der Waals surface area contributed by atoms with Crippen molar-refractivity contribution >= 4 is 43.6 Å². The summed E-state index contributed by atoms with van der Waals surface area (Å²) in [6.07, 6.45) is -6.54. The predicted octanol–water partition coefficient (Wildman–Crippen LogP) is 7.84. The fourth-order valence-corrected chi connectivity index (χ4v) is 4.52. The molecule has 27 heavy (non-hydrogen) atoms. The average molecular weight is 547 g/mol. The highest BCUT2D eigenvalue weighted by Crippen LogP contribution is 2.56. The third kappa shape index (κ3) is 4.26. The lowest BCUT2D eigenvalue weighted by Gasteiger charge is -2.28. The Bertz CT molecular complexity index is 845. The Labute approximate surface area is 167 Å². The van der Waals surface area contributed by atoms with Gasteiger partial charge in [0, 0.05) is 25.5 Å². The Morgan fingerprint density at radius 2 is 1.37 bits per heavy atom. The zero-order valence-corrected chi connectivity index (χ0v) is 16.4. The highest BCUT2D eigenvalue weighted by atomic mass is 79.9. The van der Waals surface area contributed by atoms with E-state index >= 15 is 0 Å². The highest BCUT2D eigenvalue weighted by molar-refractivity contribution is 9.11. The van der Waals surface area contributed by atoms with Gasteiger partial charge in [0.15, 0.2) is 0 Å². The second-order valence-corrected chi connectivity index (χ2v) is 7.76. The number of rotatable bonds is 4. The van der Waals surface area contributed by atoms with Crippen molar-refractivity contribution < 1.29 is 39.5 Å². The lowest BCUT2D eigenvalue weighted by Crippen LogP contribution is -2.49. The molecule has 0 aliphatic heterocycles. The molecule has 12 heteroatoms. The van der Waals surface area contributed by atoms with E-state index in [0.29, 0.717) is 6.07 Å². The van der Waals surface area contributed by atoms with E-state index in [9.17, 15) is 39.5 Å². The zero-order chi connectivity index (χ0) is 20.8. The first-order valence-corrected chi connectivity index (χ1v) is 8.96. The van der Waals surface area contributed by atoms with E-state index in [0.717, 1.165) is 18.2 Å². The van der Waals surface area contributed by atoms with Crippen LogP contribution in [0.15, 0.2) is 38.1 Å². The summed E-state index contributed by atoms with van der Waals surface area (Å²) >= 11 is 4.46. The standard InChI is InChI=1S/C15H4Br2F9S/c16-6-4-7(17)11(12-8(18)2-1-3-9(12)19)10(5-6)27-15(25,26)13(20,21)14(22,23)24/h1-3,5H. The molecule has 0 N–H and O–H groups in total. The maximum Gasteiger partial charge on any atom is 0.460 e. The fraction of sp³-hybridized carbons (Fsp3) is 0.200. The SMILES string of the molecule is Fc1cccc(F)c1-c1c(Br)[c]c(Br)cc1SC(F)(F)C(F)(F)C(F)(F)F. The van der Waals surface area contributed by atoms with Crippen LogP contribution in [-0.2, 0) is 0 Å². The zero-order valence-electron chi connectivity index (χ0n) is 12.4. The van der Waals surface area contributed by atoms with Gasteiger partial charge in [-0.3, -0.25) is 0 Å². The van der Waals surface area contributed by atoms with Gasteiger partial charge in [-0.05, 0) is 45.9 Å². The molecule has 0 atom stereocenters. The van der Waals surface area contributed by atoms with Crippen molar-refractivity contribution in [3.8, 4) is 11.1 Å². The smallest absolute Gasteiger partial charge is 0.206 e. The molecule has 0 nitrogen and oxygen atoms in total. The van der Waals surface area contributed by atoms with E-state index in [-0.39, 0.29) is 8.95 Å². The van der Waals surface area contributed by atoms with E-state index in [1.807, 2.05) is 0 Å². The molecule has 2 aromatic rings. The number of thioether (sulfide) groups is 1. The van der Waals surface area contributed by atoms with Gasteiger partial charge in [0.25, 0.3) is 0 Å². The van der Waals surface area contributed by atoms with Crippen molar-refractivity contribution in [2.24, 2.45) is 0 Å². The molecule has 147 valence electrons. The maximum atomic E-state index is 14.0. The molecule has 0 saturated carbocycles. The molecule has 0 fully saturated rings. The van der Waals surface area contributed by atoms with E-state index in [1.54, 1.807) is 0 Å². The molecule has 0 bridgehead atoms. The summed E-state index contributed by atoms with van der Waals surface area (Å²) in [5.74, 6) is -8.87. The van der Waals surface area contributed by atoms with Crippen LogP contribution >= 0.6 is 43.6 Å². The first kappa shape index (κ1) is 22.4. The van der Waals surface area contributed by atoms with Crippen molar-refractivity contribution in [2.45, 2.75) is 22.2 Å². The van der Waals surface area contributed by atoms with E-state index < -0.39 is 56.8 Å². The number of hydrogen-bond acceptors (Lipinski definition) is 1. The molecule has 0 aliphatic carbocycles. The maximum absolute atomic E-state index is 14.0. The minimum absolute atomic E-state index is 0.122. The molecule has 0 unspecified atom stereocenters. The number of halogens is 11. The van der Waals surface area contributed by atoms with Crippen LogP contribution in [0.1, 0.15) is 0 Å². The molecule has 0 aliphatic rings. The summed E-state index contributed by atoms with van der Waals surface area (Å²) in [7, 11) is 0. The van der Waals surface area contributed by atoms with Crippen LogP contribution in [0.2, 0.25) is 0 Å². The van der Waals surface area contributed by atoms with Gasteiger partial charge in [0.1, 0.15) is 11.6 Å². The quantitative estimate of drug-likeness (QED) is 0.278. The number of alkyl halides is 7. The largest absolute Gasteiger partial charge is 0.460 e. The summed E-state index contributed by atoms with van der Waals surface area (Å²) in [5.41, 5.74) is -1.57. The first-order valence-electron chi connectivity index (χ1n) is 6.56. The highest BCUT2D eigenvalue weighted by Gasteiger charge is 2.73. The van der Waals surface area contributed by atoms with Gasteiger partial charge in [-0.1, -0.05) is 22.0 Å². The van der Waals surface area contributed by atoms with Crippen LogP contribution in [0.25, 0.3) is 11.1 Å². The summed E-state index contributed by atoms with van der Waals surface area (Å²) < 4.78 is 119. The molecular formula is C15H4Br2F9S. The molecule has 0 heterocycles. The van der Waals surface area contributed by atoms with E-state index in [2.05, 4.69) is 37.9 Å². The van der Waals surface area contributed by atoms with Crippen molar-refractivity contribution in [1.82, 2.24) is 0 Å². The third-order valence-corrected chi connectivity index (χ3v) is 5.20. The van der Waals surface area contributed by atoms with Gasteiger partial charge < -0.3 is 0 Å². The monoisotopic (exact) mass is 545 g/mol. The molecule has 1 radical (unpaired) electrons. The summed E-state index contributed by atoms with van der Waals surface area (Å²) in [4.78, 5) is -0.926. The van der Waals surface area contributed by atoms with Crippen LogP contribution in [0.3, 0.4) is 0 Å². The average Bonchev–Trinajstić information content (AvgIpc) is 2.47. The fourth-order valence-electron chi connectivity index (χ4n) is 1.92. The van der Waals surface area contributed by atoms with E-state index in [1.165, 1.54) is 0 Å². The van der Waals surface area contributed by atoms with Gasteiger partial charge in [0.05, 0.1) is 5.56 Å². The Kier molecular flexibility index (Phi) is 6.23. The summed E-state index contributed by atoms with van der Waals surface area (Å²) in [6.45, 7) is 0. The molecule has 2 rings (SSSR count). The van der Waals surface area contributed by atoms with Crippen molar-refractivity contribution in [2.75, 3.05) is 0 Å². The first-order chi connectivity index (χ1) is 12.2. The van der Waals surface area contributed by atoms with Gasteiger partial charge in [0.2, 0.25) is 0 Å². The topological polar surface area (TPSA) is 0 Å². The van der Waals surface area contributed by atoms with Crippen LogP contribution in [0.5, 0.6) is 0 Å². The van der Waals surface area contributed by atoms with Crippen LogP contribution < -0.4 is 0 Å². The third-order valence-electron chi connectivity index (χ3n) is 3.13. The molecule has 0 spiro atoms. The van der Waals surface area contributed by atoms with Crippen LogP contribution in [0, 0.1) is 17.7 Å². The summed E-state index contributed by atoms with van der Waals surface area (Å²) in [5, 5.41) is -5.66. The number of hydrogen-bond donors (Lipinski definition) is 0. The summed E-state index contributed by atoms with van der Waals surface area (Å²) in [6, 6.07) is 5.62. The van der Waals surface area contributed by atoms with Crippen molar-refractivity contribution in [3.05, 3.63) is 50.9 Å². The molecule has 2 aromatic carbocycles. The Morgan fingerprint density at radius 1 is 0.852 bits per heavy atom.